The molecule has 0 spiro atoms. The first-order valence-electron chi connectivity index (χ1n) is 8.20. The van der Waals surface area contributed by atoms with Crippen LogP contribution in [0.4, 0.5) is 0 Å². The minimum Gasteiger partial charge on any atom is -0.497 e. The Hall–Kier alpha value is -2.60. The molecule has 1 aliphatic heterocycles. The zero-order chi connectivity index (χ0) is 17.2. The maximum absolute atomic E-state index is 13.0. The summed E-state index contributed by atoms with van der Waals surface area (Å²) in [5, 5.41) is 2.01. The van der Waals surface area contributed by atoms with Crippen LogP contribution in [-0.4, -0.2) is 27.5 Å². The number of methoxy groups -OCH3 is 1. The SMILES string of the molecule is COc1cccc(C2Cn3ccnc3CN2C(=O)Cc2cccs2)c1. The second kappa shape index (κ2) is 6.72. The van der Waals surface area contributed by atoms with Gasteiger partial charge in [-0.1, -0.05) is 18.2 Å². The van der Waals surface area contributed by atoms with Crippen molar-refractivity contribution in [3.05, 3.63) is 70.4 Å². The van der Waals surface area contributed by atoms with E-state index in [-0.39, 0.29) is 11.9 Å². The molecule has 2 aromatic heterocycles. The number of hydrogen-bond acceptors (Lipinski definition) is 4. The molecule has 3 aromatic rings. The fourth-order valence-corrected chi connectivity index (χ4v) is 3.96. The van der Waals surface area contributed by atoms with Crippen molar-refractivity contribution in [2.45, 2.75) is 25.6 Å². The van der Waals surface area contributed by atoms with Gasteiger partial charge in [-0.2, -0.15) is 0 Å². The first-order chi connectivity index (χ1) is 12.2. The molecule has 0 saturated heterocycles. The highest BCUT2D eigenvalue weighted by Crippen LogP contribution is 2.31. The Bertz CT molecular complexity index is 872. The third-order valence-electron chi connectivity index (χ3n) is 4.56. The summed E-state index contributed by atoms with van der Waals surface area (Å²) in [4.78, 5) is 20.4. The third-order valence-corrected chi connectivity index (χ3v) is 5.44. The van der Waals surface area contributed by atoms with Crippen molar-refractivity contribution in [1.29, 1.82) is 0 Å². The molecule has 0 fully saturated rings. The number of fused-ring (bicyclic) bond motifs is 1. The molecule has 0 radical (unpaired) electrons. The van der Waals surface area contributed by atoms with Gasteiger partial charge in [-0.05, 0) is 29.1 Å². The molecular formula is C19H19N3O2S. The Kier molecular flexibility index (Phi) is 4.28. The van der Waals surface area contributed by atoms with Crippen LogP contribution in [0.15, 0.2) is 54.2 Å². The monoisotopic (exact) mass is 353 g/mol. The number of hydrogen-bond donors (Lipinski definition) is 0. The summed E-state index contributed by atoms with van der Waals surface area (Å²) in [6, 6.07) is 11.9. The molecule has 0 N–H and O–H groups in total. The van der Waals surface area contributed by atoms with Crippen LogP contribution in [-0.2, 0) is 24.3 Å². The lowest BCUT2D eigenvalue weighted by molar-refractivity contribution is -0.135. The van der Waals surface area contributed by atoms with Crippen LogP contribution in [0.2, 0.25) is 0 Å². The molecule has 25 heavy (non-hydrogen) atoms. The van der Waals surface area contributed by atoms with Crippen LogP contribution in [0.1, 0.15) is 22.3 Å². The number of aromatic nitrogens is 2. The van der Waals surface area contributed by atoms with E-state index in [9.17, 15) is 4.79 Å². The Labute approximate surface area is 150 Å². The van der Waals surface area contributed by atoms with Gasteiger partial charge in [-0.3, -0.25) is 4.79 Å². The molecule has 3 heterocycles. The molecule has 1 unspecified atom stereocenters. The molecule has 0 saturated carbocycles. The van der Waals surface area contributed by atoms with Gasteiger partial charge < -0.3 is 14.2 Å². The van der Waals surface area contributed by atoms with Gasteiger partial charge in [-0.15, -0.1) is 11.3 Å². The van der Waals surface area contributed by atoms with Gasteiger partial charge in [0.1, 0.15) is 11.6 Å². The van der Waals surface area contributed by atoms with Crippen LogP contribution < -0.4 is 4.74 Å². The van der Waals surface area contributed by atoms with E-state index in [2.05, 4.69) is 15.6 Å². The van der Waals surface area contributed by atoms with Gasteiger partial charge in [0, 0.05) is 23.8 Å². The predicted molar refractivity (Wildman–Crippen MR) is 96.5 cm³/mol. The summed E-state index contributed by atoms with van der Waals surface area (Å²) in [5.74, 6) is 1.86. The van der Waals surface area contributed by atoms with E-state index in [4.69, 9.17) is 4.74 Å². The largest absolute Gasteiger partial charge is 0.497 e. The van der Waals surface area contributed by atoms with E-state index in [1.807, 2.05) is 46.8 Å². The van der Waals surface area contributed by atoms with Crippen LogP contribution in [0.5, 0.6) is 5.75 Å². The maximum Gasteiger partial charge on any atom is 0.228 e. The highest BCUT2D eigenvalue weighted by molar-refractivity contribution is 7.10. The molecule has 0 bridgehead atoms. The average molecular weight is 353 g/mol. The number of nitrogens with zero attached hydrogens (tertiary/aromatic N) is 3. The second-order valence-electron chi connectivity index (χ2n) is 6.07. The zero-order valence-corrected chi connectivity index (χ0v) is 14.8. The molecular weight excluding hydrogens is 334 g/mol. The minimum absolute atomic E-state index is 0.0238. The summed E-state index contributed by atoms with van der Waals surface area (Å²) in [7, 11) is 1.66. The summed E-state index contributed by atoms with van der Waals surface area (Å²) >= 11 is 1.62. The summed E-state index contributed by atoms with van der Waals surface area (Å²) in [6.07, 6.45) is 4.20. The normalized spacial score (nSPS) is 16.5. The predicted octanol–water partition coefficient (Wildman–Crippen LogP) is 3.28. The van der Waals surface area contributed by atoms with Crippen LogP contribution in [0, 0.1) is 0 Å². The standard InChI is InChI=1S/C19H19N3O2S/c1-24-15-5-2-4-14(10-15)17-12-21-8-7-20-18(21)13-22(17)19(23)11-16-6-3-9-25-16/h2-10,17H,11-13H2,1H3. The smallest absolute Gasteiger partial charge is 0.228 e. The van der Waals surface area contributed by atoms with Crippen molar-refractivity contribution >= 4 is 17.2 Å². The van der Waals surface area contributed by atoms with Crippen LogP contribution >= 0.6 is 11.3 Å². The van der Waals surface area contributed by atoms with Gasteiger partial charge in [-0.25, -0.2) is 4.98 Å². The molecule has 1 amide bonds. The Morgan fingerprint density at radius 2 is 2.28 bits per heavy atom. The van der Waals surface area contributed by atoms with Gasteiger partial charge in [0.2, 0.25) is 5.91 Å². The number of ether oxygens (including phenoxy) is 1. The first kappa shape index (κ1) is 15.9. The molecule has 1 aromatic carbocycles. The van der Waals surface area contributed by atoms with E-state index >= 15 is 0 Å². The van der Waals surface area contributed by atoms with Crippen molar-refractivity contribution in [3.8, 4) is 5.75 Å². The summed E-state index contributed by atoms with van der Waals surface area (Å²) in [5.41, 5.74) is 1.08. The Morgan fingerprint density at radius 1 is 1.36 bits per heavy atom. The second-order valence-corrected chi connectivity index (χ2v) is 7.10. The van der Waals surface area contributed by atoms with E-state index in [1.165, 1.54) is 0 Å². The highest BCUT2D eigenvalue weighted by atomic mass is 32.1. The fraction of sp³-hybridized carbons (Fsp3) is 0.263. The number of amides is 1. The molecule has 4 rings (SSSR count). The Morgan fingerprint density at radius 3 is 3.08 bits per heavy atom. The number of benzene rings is 1. The van der Waals surface area contributed by atoms with E-state index in [1.54, 1.807) is 24.6 Å². The fourth-order valence-electron chi connectivity index (χ4n) is 3.27. The van der Waals surface area contributed by atoms with Crippen molar-refractivity contribution in [3.63, 3.8) is 0 Å². The van der Waals surface area contributed by atoms with Crippen molar-refractivity contribution in [2.24, 2.45) is 0 Å². The topological polar surface area (TPSA) is 47.4 Å². The van der Waals surface area contributed by atoms with Crippen LogP contribution in [0.25, 0.3) is 0 Å². The van der Waals surface area contributed by atoms with Gasteiger partial charge in [0.05, 0.1) is 26.1 Å². The zero-order valence-electron chi connectivity index (χ0n) is 14.0. The van der Waals surface area contributed by atoms with Crippen molar-refractivity contribution < 1.29 is 9.53 Å². The number of thiophene rings is 1. The highest BCUT2D eigenvalue weighted by Gasteiger charge is 2.31. The average Bonchev–Trinajstić information content (AvgIpc) is 3.31. The molecule has 5 nitrogen and oxygen atoms in total. The summed E-state index contributed by atoms with van der Waals surface area (Å²) < 4.78 is 7.48. The third kappa shape index (κ3) is 3.17. The number of imidazole rings is 1. The van der Waals surface area contributed by atoms with Crippen molar-refractivity contribution in [2.75, 3.05) is 7.11 Å². The van der Waals surface area contributed by atoms with Gasteiger partial charge in [0.25, 0.3) is 0 Å². The van der Waals surface area contributed by atoms with Gasteiger partial charge >= 0.3 is 0 Å². The van der Waals surface area contributed by atoms with E-state index in [0.29, 0.717) is 19.5 Å². The lowest BCUT2D eigenvalue weighted by atomic mass is 10.0. The number of rotatable bonds is 4. The summed E-state index contributed by atoms with van der Waals surface area (Å²) in [6.45, 7) is 1.23. The molecule has 1 atom stereocenters. The van der Waals surface area contributed by atoms with Crippen LogP contribution in [0.3, 0.4) is 0 Å². The molecule has 6 heteroatoms. The lowest BCUT2D eigenvalue weighted by Gasteiger charge is -2.36. The number of carbonyl (C=O) groups is 1. The first-order valence-corrected chi connectivity index (χ1v) is 9.08. The maximum atomic E-state index is 13.0. The minimum atomic E-state index is -0.0238. The lowest BCUT2D eigenvalue weighted by Crippen LogP contribution is -2.41. The van der Waals surface area contributed by atoms with Crippen molar-refractivity contribution in [1.82, 2.24) is 14.5 Å². The van der Waals surface area contributed by atoms with E-state index in [0.717, 1.165) is 22.0 Å². The quantitative estimate of drug-likeness (QED) is 0.723. The Balaban J connectivity index is 1.66. The molecule has 128 valence electrons. The molecule has 0 aliphatic carbocycles. The van der Waals surface area contributed by atoms with E-state index < -0.39 is 0 Å². The molecule has 1 aliphatic rings. The number of carbonyl (C=O) groups excluding carboxylic acids is 1. The van der Waals surface area contributed by atoms with Gasteiger partial charge in [0.15, 0.2) is 0 Å².